The summed E-state index contributed by atoms with van der Waals surface area (Å²) < 4.78 is 11.0. The van der Waals surface area contributed by atoms with Gasteiger partial charge in [-0.3, -0.25) is 10.1 Å². The zero-order valence-corrected chi connectivity index (χ0v) is 17.1. The summed E-state index contributed by atoms with van der Waals surface area (Å²) in [6.45, 7) is 2.42. The minimum Gasteiger partial charge on any atom is -0.467 e. The first-order chi connectivity index (χ1) is 12.7. The SMILES string of the molecule is I.O=[N+]([O-])c1ccc(CN=C(NCc2ccco2)NCC2CCCO2)cc1. The Morgan fingerprint density at radius 3 is 2.70 bits per heavy atom. The molecular weight excluding hydrogens is 463 g/mol. The summed E-state index contributed by atoms with van der Waals surface area (Å²) in [5.41, 5.74) is 0.970. The molecule has 1 fully saturated rings. The summed E-state index contributed by atoms with van der Waals surface area (Å²) in [5, 5.41) is 17.2. The number of furan rings is 1. The van der Waals surface area contributed by atoms with Gasteiger partial charge in [0.05, 0.1) is 30.4 Å². The van der Waals surface area contributed by atoms with E-state index in [1.54, 1.807) is 18.4 Å². The second kappa shape index (κ2) is 10.9. The van der Waals surface area contributed by atoms with Gasteiger partial charge in [-0.25, -0.2) is 4.99 Å². The van der Waals surface area contributed by atoms with Crippen LogP contribution in [-0.4, -0.2) is 30.1 Å². The summed E-state index contributed by atoms with van der Waals surface area (Å²) in [5.74, 6) is 1.46. The quantitative estimate of drug-likeness (QED) is 0.205. The molecule has 1 saturated heterocycles. The highest BCUT2D eigenvalue weighted by Gasteiger charge is 2.15. The molecule has 2 aromatic rings. The molecule has 0 radical (unpaired) electrons. The third kappa shape index (κ3) is 6.83. The van der Waals surface area contributed by atoms with Crippen molar-refractivity contribution < 1.29 is 14.1 Å². The Bertz CT molecular complexity index is 728. The standard InChI is InChI=1S/C18H22N4O4.HI/c23-22(24)15-7-5-14(6-8-15)11-19-18(20-12-16-3-1-9-25-16)21-13-17-4-2-10-26-17;/h1,3,5-9,17H,2,4,10-13H2,(H2,19,20,21);1H. The molecule has 9 heteroatoms. The van der Waals surface area contributed by atoms with E-state index in [-0.39, 0.29) is 35.8 Å². The number of nitro groups is 1. The third-order valence-corrected chi connectivity index (χ3v) is 4.10. The molecular formula is C18H23IN4O4. The van der Waals surface area contributed by atoms with E-state index in [2.05, 4.69) is 15.6 Å². The summed E-state index contributed by atoms with van der Waals surface area (Å²) in [6, 6.07) is 10.1. The first-order valence-corrected chi connectivity index (χ1v) is 8.60. The van der Waals surface area contributed by atoms with Crippen LogP contribution in [0.5, 0.6) is 0 Å². The number of nitrogens with zero attached hydrogens (tertiary/aromatic N) is 2. The van der Waals surface area contributed by atoms with Crippen molar-refractivity contribution in [3.05, 3.63) is 64.1 Å². The Morgan fingerprint density at radius 1 is 1.26 bits per heavy atom. The van der Waals surface area contributed by atoms with Crippen LogP contribution >= 0.6 is 24.0 Å². The number of aliphatic imine (C=N–C) groups is 1. The van der Waals surface area contributed by atoms with E-state index in [4.69, 9.17) is 9.15 Å². The lowest BCUT2D eigenvalue weighted by molar-refractivity contribution is -0.384. The van der Waals surface area contributed by atoms with Crippen molar-refractivity contribution >= 4 is 35.6 Å². The third-order valence-electron chi connectivity index (χ3n) is 4.10. The van der Waals surface area contributed by atoms with Gasteiger partial charge >= 0.3 is 0 Å². The number of nitro benzene ring substituents is 1. The van der Waals surface area contributed by atoms with E-state index in [1.807, 2.05) is 12.1 Å². The van der Waals surface area contributed by atoms with Gasteiger partial charge in [0.2, 0.25) is 0 Å². The van der Waals surface area contributed by atoms with Crippen molar-refractivity contribution in [3.63, 3.8) is 0 Å². The van der Waals surface area contributed by atoms with Crippen molar-refractivity contribution in [3.8, 4) is 0 Å². The number of hydrogen-bond acceptors (Lipinski definition) is 5. The van der Waals surface area contributed by atoms with Crippen LogP contribution < -0.4 is 10.6 Å². The largest absolute Gasteiger partial charge is 0.467 e. The van der Waals surface area contributed by atoms with Crippen LogP contribution in [0.2, 0.25) is 0 Å². The molecule has 8 nitrogen and oxygen atoms in total. The summed E-state index contributed by atoms with van der Waals surface area (Å²) in [4.78, 5) is 14.9. The van der Waals surface area contributed by atoms with Crippen LogP contribution in [-0.2, 0) is 17.8 Å². The van der Waals surface area contributed by atoms with Crippen molar-refractivity contribution in [2.24, 2.45) is 4.99 Å². The van der Waals surface area contributed by atoms with E-state index < -0.39 is 4.92 Å². The molecule has 1 unspecified atom stereocenters. The Hall–Kier alpha value is -2.14. The van der Waals surface area contributed by atoms with Crippen molar-refractivity contribution in [2.75, 3.05) is 13.2 Å². The predicted octanol–water partition coefficient (Wildman–Crippen LogP) is 3.22. The maximum Gasteiger partial charge on any atom is 0.269 e. The van der Waals surface area contributed by atoms with E-state index in [0.29, 0.717) is 25.6 Å². The molecule has 2 heterocycles. The molecule has 0 spiro atoms. The minimum absolute atomic E-state index is 0. The Morgan fingerprint density at radius 2 is 2.07 bits per heavy atom. The van der Waals surface area contributed by atoms with Crippen LogP contribution in [0, 0.1) is 10.1 Å². The molecule has 0 aliphatic carbocycles. The average Bonchev–Trinajstić information content (AvgIpc) is 3.35. The van der Waals surface area contributed by atoms with Gasteiger partial charge in [-0.15, -0.1) is 24.0 Å². The fourth-order valence-electron chi connectivity index (χ4n) is 2.67. The van der Waals surface area contributed by atoms with Gasteiger partial charge in [-0.1, -0.05) is 12.1 Å². The van der Waals surface area contributed by atoms with Gasteiger partial charge in [0, 0.05) is 25.3 Å². The monoisotopic (exact) mass is 486 g/mol. The van der Waals surface area contributed by atoms with Gasteiger partial charge < -0.3 is 19.8 Å². The topological polar surface area (TPSA) is 102 Å². The molecule has 146 valence electrons. The Kier molecular flexibility index (Phi) is 8.52. The zero-order chi connectivity index (χ0) is 18.2. The molecule has 0 bridgehead atoms. The van der Waals surface area contributed by atoms with E-state index in [0.717, 1.165) is 30.8 Å². The van der Waals surface area contributed by atoms with E-state index in [1.165, 1.54) is 12.1 Å². The molecule has 1 aliphatic heterocycles. The number of non-ortho nitro benzene ring substituents is 1. The highest BCUT2D eigenvalue weighted by Crippen LogP contribution is 2.13. The smallest absolute Gasteiger partial charge is 0.269 e. The van der Waals surface area contributed by atoms with E-state index >= 15 is 0 Å². The van der Waals surface area contributed by atoms with Crippen molar-refractivity contribution in [2.45, 2.75) is 32.0 Å². The van der Waals surface area contributed by atoms with Crippen LogP contribution in [0.4, 0.5) is 5.69 Å². The lowest BCUT2D eigenvalue weighted by Crippen LogP contribution is -2.40. The lowest BCUT2D eigenvalue weighted by Gasteiger charge is -2.15. The number of nitrogens with one attached hydrogen (secondary N) is 2. The minimum atomic E-state index is -0.410. The van der Waals surface area contributed by atoms with Gasteiger partial charge in [0.15, 0.2) is 5.96 Å². The molecule has 1 aliphatic rings. The average molecular weight is 486 g/mol. The molecule has 1 atom stereocenters. The predicted molar refractivity (Wildman–Crippen MR) is 112 cm³/mol. The maximum absolute atomic E-state index is 10.7. The number of ether oxygens (including phenoxy) is 1. The molecule has 3 rings (SSSR count). The highest BCUT2D eigenvalue weighted by atomic mass is 127. The number of halogens is 1. The number of hydrogen-bond donors (Lipinski definition) is 2. The van der Waals surface area contributed by atoms with Crippen molar-refractivity contribution in [1.29, 1.82) is 0 Å². The van der Waals surface area contributed by atoms with Crippen LogP contribution in [0.3, 0.4) is 0 Å². The second-order valence-electron chi connectivity index (χ2n) is 6.04. The van der Waals surface area contributed by atoms with Gasteiger partial charge in [0.25, 0.3) is 5.69 Å². The van der Waals surface area contributed by atoms with Gasteiger partial charge in [-0.2, -0.15) is 0 Å². The number of rotatable bonds is 7. The van der Waals surface area contributed by atoms with Crippen LogP contribution in [0.1, 0.15) is 24.2 Å². The zero-order valence-electron chi connectivity index (χ0n) is 14.8. The molecule has 27 heavy (non-hydrogen) atoms. The normalized spacial score (nSPS) is 16.6. The molecule has 2 N–H and O–H groups in total. The number of guanidine groups is 1. The fraction of sp³-hybridized carbons (Fsp3) is 0.389. The van der Waals surface area contributed by atoms with Crippen LogP contribution in [0.25, 0.3) is 0 Å². The maximum atomic E-state index is 10.7. The molecule has 1 aromatic heterocycles. The molecule has 0 amide bonds. The first kappa shape index (κ1) is 21.2. The number of benzene rings is 1. The highest BCUT2D eigenvalue weighted by molar-refractivity contribution is 14.0. The fourth-order valence-corrected chi connectivity index (χ4v) is 2.67. The first-order valence-electron chi connectivity index (χ1n) is 8.60. The van der Waals surface area contributed by atoms with E-state index in [9.17, 15) is 10.1 Å². The van der Waals surface area contributed by atoms with Gasteiger partial charge in [-0.05, 0) is 30.5 Å². The summed E-state index contributed by atoms with van der Waals surface area (Å²) in [7, 11) is 0. The lowest BCUT2D eigenvalue weighted by atomic mass is 10.2. The summed E-state index contributed by atoms with van der Waals surface area (Å²) in [6.07, 6.45) is 3.96. The Labute approximate surface area is 174 Å². The van der Waals surface area contributed by atoms with Crippen LogP contribution in [0.15, 0.2) is 52.1 Å². The molecule has 1 aromatic carbocycles. The Balaban J connectivity index is 0.00000261. The van der Waals surface area contributed by atoms with Gasteiger partial charge in [0.1, 0.15) is 5.76 Å². The molecule has 0 saturated carbocycles. The van der Waals surface area contributed by atoms with Crippen molar-refractivity contribution in [1.82, 2.24) is 10.6 Å². The second-order valence-corrected chi connectivity index (χ2v) is 6.04. The summed E-state index contributed by atoms with van der Waals surface area (Å²) >= 11 is 0.